The van der Waals surface area contributed by atoms with Crippen molar-refractivity contribution in [2.24, 2.45) is 5.92 Å². The molecule has 20 heavy (non-hydrogen) atoms. The number of carbonyl (C=O) groups excluding carboxylic acids is 1. The lowest BCUT2D eigenvalue weighted by Crippen LogP contribution is -2.17. The summed E-state index contributed by atoms with van der Waals surface area (Å²) < 4.78 is 36.8. The van der Waals surface area contributed by atoms with Gasteiger partial charge >= 0.3 is 12.1 Å². The fourth-order valence-corrected chi connectivity index (χ4v) is 1.53. The SMILES string of the molecule is CC(CC(=O)O)CC(=O)Nc1ccc(C(F)(F)F)nc1. The third-order valence-corrected chi connectivity index (χ3v) is 2.39. The Balaban J connectivity index is 2.56. The summed E-state index contributed by atoms with van der Waals surface area (Å²) >= 11 is 0. The summed E-state index contributed by atoms with van der Waals surface area (Å²) in [6.07, 6.45) is -3.81. The van der Waals surface area contributed by atoms with Crippen molar-refractivity contribution in [2.45, 2.75) is 25.9 Å². The van der Waals surface area contributed by atoms with Crippen LogP contribution in [0.3, 0.4) is 0 Å². The maximum absolute atomic E-state index is 12.3. The molecule has 0 aromatic carbocycles. The lowest BCUT2D eigenvalue weighted by atomic mass is 10.0. The maximum atomic E-state index is 12.3. The number of hydrogen-bond donors (Lipinski definition) is 2. The number of alkyl halides is 3. The van der Waals surface area contributed by atoms with Gasteiger partial charge in [0.1, 0.15) is 5.69 Å². The lowest BCUT2D eigenvalue weighted by molar-refractivity contribution is -0.141. The second kappa shape index (κ2) is 6.36. The summed E-state index contributed by atoms with van der Waals surface area (Å²) in [4.78, 5) is 25.2. The molecule has 1 aromatic heterocycles. The minimum atomic E-state index is -4.53. The van der Waals surface area contributed by atoms with Gasteiger partial charge in [-0.1, -0.05) is 6.92 Å². The quantitative estimate of drug-likeness (QED) is 0.873. The van der Waals surface area contributed by atoms with Crippen molar-refractivity contribution in [2.75, 3.05) is 5.32 Å². The average molecular weight is 290 g/mol. The van der Waals surface area contributed by atoms with Gasteiger partial charge in [0, 0.05) is 12.8 Å². The fourth-order valence-electron chi connectivity index (χ4n) is 1.53. The number of nitrogens with one attached hydrogen (secondary N) is 1. The molecule has 1 rings (SSSR count). The van der Waals surface area contributed by atoms with Gasteiger partial charge in [0.15, 0.2) is 0 Å². The highest BCUT2D eigenvalue weighted by Gasteiger charge is 2.32. The van der Waals surface area contributed by atoms with Crippen LogP contribution in [0, 0.1) is 5.92 Å². The van der Waals surface area contributed by atoms with Crippen LogP contribution in [-0.4, -0.2) is 22.0 Å². The second-order valence-electron chi connectivity index (χ2n) is 4.39. The van der Waals surface area contributed by atoms with Crippen molar-refractivity contribution in [3.63, 3.8) is 0 Å². The zero-order valence-corrected chi connectivity index (χ0v) is 10.6. The first-order valence-electron chi connectivity index (χ1n) is 5.73. The van der Waals surface area contributed by atoms with Gasteiger partial charge in [0.05, 0.1) is 11.9 Å². The van der Waals surface area contributed by atoms with Crippen molar-refractivity contribution in [3.05, 3.63) is 24.0 Å². The molecule has 0 saturated carbocycles. The molecule has 2 N–H and O–H groups in total. The highest BCUT2D eigenvalue weighted by atomic mass is 19.4. The molecule has 5 nitrogen and oxygen atoms in total. The standard InChI is InChI=1S/C12H13F3N2O3/c1-7(5-11(19)20)4-10(18)17-8-2-3-9(16-6-8)12(13,14)15/h2-3,6-7H,4-5H2,1H3,(H,17,18)(H,19,20). The zero-order valence-electron chi connectivity index (χ0n) is 10.6. The summed E-state index contributed by atoms with van der Waals surface area (Å²) in [6, 6.07) is 1.85. The first kappa shape index (κ1) is 15.9. The first-order valence-corrected chi connectivity index (χ1v) is 5.73. The van der Waals surface area contributed by atoms with E-state index in [1.54, 1.807) is 6.92 Å². The van der Waals surface area contributed by atoms with Crippen LogP contribution in [0.2, 0.25) is 0 Å². The molecule has 1 amide bonds. The average Bonchev–Trinajstić information content (AvgIpc) is 2.26. The van der Waals surface area contributed by atoms with Crippen molar-refractivity contribution >= 4 is 17.6 Å². The Labute approximate surface area is 112 Å². The predicted molar refractivity (Wildman–Crippen MR) is 63.9 cm³/mol. The van der Waals surface area contributed by atoms with Crippen LogP contribution in [0.1, 0.15) is 25.5 Å². The molecule has 0 bridgehead atoms. The number of aliphatic carboxylic acids is 1. The highest BCUT2D eigenvalue weighted by molar-refractivity contribution is 5.90. The van der Waals surface area contributed by atoms with Crippen LogP contribution in [0.25, 0.3) is 0 Å². The fraction of sp³-hybridized carbons (Fsp3) is 0.417. The van der Waals surface area contributed by atoms with Gasteiger partial charge in [0.2, 0.25) is 5.91 Å². The number of aromatic nitrogens is 1. The Morgan fingerprint density at radius 3 is 2.45 bits per heavy atom. The van der Waals surface area contributed by atoms with E-state index < -0.39 is 23.7 Å². The molecule has 0 radical (unpaired) electrons. The Kier molecular flexibility index (Phi) is 5.06. The minimum absolute atomic E-state index is 0.0344. The monoisotopic (exact) mass is 290 g/mol. The number of halogens is 3. The summed E-state index contributed by atoms with van der Waals surface area (Å²) in [5.74, 6) is -1.85. The molecule has 1 heterocycles. The van der Waals surface area contributed by atoms with Gasteiger partial charge in [0.25, 0.3) is 0 Å². The maximum Gasteiger partial charge on any atom is 0.433 e. The van der Waals surface area contributed by atoms with Crippen molar-refractivity contribution in [3.8, 4) is 0 Å². The number of carboxylic acids is 1. The van der Waals surface area contributed by atoms with E-state index in [4.69, 9.17) is 5.11 Å². The van der Waals surface area contributed by atoms with Gasteiger partial charge in [-0.25, -0.2) is 4.98 Å². The molecule has 1 aromatic rings. The third kappa shape index (κ3) is 5.25. The molecule has 0 fully saturated rings. The molecular weight excluding hydrogens is 277 g/mol. The van der Waals surface area contributed by atoms with Crippen LogP contribution >= 0.6 is 0 Å². The lowest BCUT2D eigenvalue weighted by Gasteiger charge is -2.10. The minimum Gasteiger partial charge on any atom is -0.481 e. The molecule has 0 saturated heterocycles. The van der Waals surface area contributed by atoms with Gasteiger partial charge < -0.3 is 10.4 Å². The number of anilines is 1. The van der Waals surface area contributed by atoms with Crippen LogP contribution in [0.4, 0.5) is 18.9 Å². The molecule has 0 aliphatic carbocycles. The number of nitrogens with zero attached hydrogens (tertiary/aromatic N) is 1. The van der Waals surface area contributed by atoms with E-state index in [-0.39, 0.29) is 24.4 Å². The smallest absolute Gasteiger partial charge is 0.433 e. The number of pyridine rings is 1. The van der Waals surface area contributed by atoms with E-state index in [0.29, 0.717) is 0 Å². The summed E-state index contributed by atoms with van der Waals surface area (Å²) in [5.41, 5.74) is -0.916. The van der Waals surface area contributed by atoms with E-state index in [9.17, 15) is 22.8 Å². The molecule has 1 atom stereocenters. The van der Waals surface area contributed by atoms with Gasteiger partial charge in [-0.3, -0.25) is 9.59 Å². The Morgan fingerprint density at radius 2 is 2.00 bits per heavy atom. The zero-order chi connectivity index (χ0) is 15.3. The van der Waals surface area contributed by atoms with Gasteiger partial charge in [-0.2, -0.15) is 13.2 Å². The predicted octanol–water partition coefficient (Wildman–Crippen LogP) is 2.54. The van der Waals surface area contributed by atoms with Crippen LogP contribution in [-0.2, 0) is 15.8 Å². The van der Waals surface area contributed by atoms with E-state index in [1.165, 1.54) is 0 Å². The first-order chi connectivity index (χ1) is 9.18. The Bertz CT molecular complexity index is 486. The van der Waals surface area contributed by atoms with Crippen molar-refractivity contribution in [1.82, 2.24) is 4.98 Å². The van der Waals surface area contributed by atoms with E-state index in [1.807, 2.05) is 0 Å². The van der Waals surface area contributed by atoms with Crippen LogP contribution in [0.15, 0.2) is 18.3 Å². The topological polar surface area (TPSA) is 79.3 Å². The third-order valence-electron chi connectivity index (χ3n) is 2.39. The molecule has 110 valence electrons. The number of rotatable bonds is 5. The van der Waals surface area contributed by atoms with Crippen molar-refractivity contribution < 1.29 is 27.9 Å². The number of carboxylic acid groups (broad SMARTS) is 1. The Morgan fingerprint density at radius 1 is 1.35 bits per heavy atom. The summed E-state index contributed by atoms with van der Waals surface area (Å²) in [6.45, 7) is 1.60. The van der Waals surface area contributed by atoms with E-state index >= 15 is 0 Å². The molecular formula is C12H13F3N2O3. The van der Waals surface area contributed by atoms with Gasteiger partial charge in [-0.05, 0) is 18.1 Å². The van der Waals surface area contributed by atoms with E-state index in [2.05, 4.69) is 10.3 Å². The van der Waals surface area contributed by atoms with Crippen molar-refractivity contribution in [1.29, 1.82) is 0 Å². The highest BCUT2D eigenvalue weighted by Crippen LogP contribution is 2.27. The molecule has 0 aliphatic rings. The Hall–Kier alpha value is -2.12. The second-order valence-corrected chi connectivity index (χ2v) is 4.39. The van der Waals surface area contributed by atoms with Crippen LogP contribution < -0.4 is 5.32 Å². The molecule has 1 unspecified atom stereocenters. The molecule has 0 aliphatic heterocycles. The van der Waals surface area contributed by atoms with Crippen LogP contribution in [0.5, 0.6) is 0 Å². The van der Waals surface area contributed by atoms with Gasteiger partial charge in [-0.15, -0.1) is 0 Å². The molecule has 0 spiro atoms. The number of carbonyl (C=O) groups is 2. The van der Waals surface area contributed by atoms with E-state index in [0.717, 1.165) is 18.3 Å². The summed E-state index contributed by atoms with van der Waals surface area (Å²) in [5, 5.41) is 10.9. The number of hydrogen-bond acceptors (Lipinski definition) is 3. The summed E-state index contributed by atoms with van der Waals surface area (Å²) in [7, 11) is 0. The normalized spacial score (nSPS) is 12.8. The number of amides is 1. The largest absolute Gasteiger partial charge is 0.481 e. The molecule has 8 heteroatoms.